The second-order valence-corrected chi connectivity index (χ2v) is 9.75. The summed E-state index contributed by atoms with van der Waals surface area (Å²) < 4.78 is 5.85. The normalized spacial score (nSPS) is 12.8. The molecule has 1 unspecified atom stereocenters. The lowest BCUT2D eigenvalue weighted by Gasteiger charge is -2.30. The fraction of sp³-hybridized carbons (Fsp3) is 0.409. The van der Waals surface area contributed by atoms with E-state index in [1.165, 1.54) is 21.7 Å². The highest BCUT2D eigenvalue weighted by Gasteiger charge is 2.27. The molecule has 0 N–H and O–H groups in total. The van der Waals surface area contributed by atoms with E-state index in [1.54, 1.807) is 7.11 Å². The molecule has 1 nitrogen and oxygen atoms in total. The van der Waals surface area contributed by atoms with Gasteiger partial charge in [-0.1, -0.05) is 74.4 Å². The second-order valence-electron chi connectivity index (χ2n) is 8.39. The van der Waals surface area contributed by atoms with Crippen molar-refractivity contribution < 1.29 is 4.74 Å². The van der Waals surface area contributed by atoms with E-state index in [4.69, 9.17) is 4.74 Å². The van der Waals surface area contributed by atoms with Crippen molar-refractivity contribution in [3.63, 3.8) is 0 Å². The van der Waals surface area contributed by atoms with E-state index in [1.807, 2.05) is 6.07 Å². The van der Waals surface area contributed by atoms with Crippen LogP contribution in [0.4, 0.5) is 0 Å². The topological polar surface area (TPSA) is 9.23 Å². The van der Waals surface area contributed by atoms with Crippen LogP contribution >= 0.6 is 8.58 Å². The van der Waals surface area contributed by atoms with Crippen molar-refractivity contribution in [2.75, 3.05) is 7.11 Å². The van der Waals surface area contributed by atoms with Gasteiger partial charge in [-0.05, 0) is 46.1 Å². The molecular weight excluding hydrogens is 311 g/mol. The second kappa shape index (κ2) is 6.89. The molecule has 2 aromatic rings. The van der Waals surface area contributed by atoms with Gasteiger partial charge in [0.2, 0.25) is 0 Å². The maximum atomic E-state index is 5.85. The zero-order valence-corrected chi connectivity index (χ0v) is 17.1. The largest absolute Gasteiger partial charge is 0.496 e. The Morgan fingerprint density at radius 2 is 1.38 bits per heavy atom. The standard InChI is InChI=1S/C22H30OP/c1-15-11-9-10-12-19(15)24-16-13-17(21(2,3)4)20(23-8)18(14-16)22(5,6)7/h9-14,24H,1H2,2-8H3. The van der Waals surface area contributed by atoms with Gasteiger partial charge in [-0.25, -0.2) is 0 Å². The van der Waals surface area contributed by atoms with Gasteiger partial charge in [0, 0.05) is 11.1 Å². The molecule has 0 aliphatic rings. The Bertz CT molecular complexity index is 682. The molecule has 2 heteroatoms. The molecule has 0 bridgehead atoms. The summed E-state index contributed by atoms with van der Waals surface area (Å²) in [6.45, 7) is 17.7. The van der Waals surface area contributed by atoms with Gasteiger partial charge >= 0.3 is 0 Å². The molecule has 0 amide bonds. The smallest absolute Gasteiger partial charge is 0.126 e. The highest BCUT2D eigenvalue weighted by molar-refractivity contribution is 7.55. The van der Waals surface area contributed by atoms with Crippen molar-refractivity contribution in [1.82, 2.24) is 0 Å². The molecule has 0 saturated heterocycles. The summed E-state index contributed by atoms with van der Waals surface area (Å²) in [6.07, 6.45) is 0. The third-order valence-electron chi connectivity index (χ3n) is 4.21. The van der Waals surface area contributed by atoms with Crippen LogP contribution in [0.1, 0.15) is 58.2 Å². The van der Waals surface area contributed by atoms with Gasteiger partial charge in [0.15, 0.2) is 0 Å². The molecule has 2 rings (SSSR count). The van der Waals surface area contributed by atoms with E-state index in [0.717, 1.165) is 11.3 Å². The van der Waals surface area contributed by atoms with E-state index < -0.39 is 0 Å². The average molecular weight is 341 g/mol. The van der Waals surface area contributed by atoms with E-state index in [-0.39, 0.29) is 10.8 Å². The number of ether oxygens (including phenoxy) is 1. The lowest BCUT2D eigenvalue weighted by Crippen LogP contribution is -2.22. The fourth-order valence-corrected chi connectivity index (χ4v) is 4.00. The summed E-state index contributed by atoms with van der Waals surface area (Å²) in [5, 5.41) is 2.66. The minimum atomic E-state index is 0.0375. The molecule has 1 radical (unpaired) electrons. The van der Waals surface area contributed by atoms with Crippen LogP contribution in [0.2, 0.25) is 0 Å². The van der Waals surface area contributed by atoms with Crippen LogP contribution in [0.15, 0.2) is 36.4 Å². The number of hydrogen-bond donors (Lipinski definition) is 0. The Kier molecular flexibility index (Phi) is 5.45. The summed E-state index contributed by atoms with van der Waals surface area (Å²) in [6, 6.07) is 13.0. The van der Waals surface area contributed by atoms with Crippen molar-refractivity contribution in [3.05, 3.63) is 60.0 Å². The molecule has 0 saturated carbocycles. The summed E-state index contributed by atoms with van der Waals surface area (Å²) in [7, 11) is 2.39. The van der Waals surface area contributed by atoms with Crippen molar-refractivity contribution in [3.8, 4) is 5.75 Å². The predicted molar refractivity (Wildman–Crippen MR) is 109 cm³/mol. The first-order valence-electron chi connectivity index (χ1n) is 8.45. The monoisotopic (exact) mass is 341 g/mol. The first kappa shape index (κ1) is 19.0. The summed E-state index contributed by atoms with van der Waals surface area (Å²) in [5.41, 5.74) is 3.75. The molecule has 0 spiro atoms. The van der Waals surface area contributed by atoms with Gasteiger partial charge in [0.25, 0.3) is 0 Å². The molecular formula is C22H30OP. The Morgan fingerprint density at radius 3 is 1.79 bits per heavy atom. The van der Waals surface area contributed by atoms with Crippen LogP contribution in [0.3, 0.4) is 0 Å². The lowest BCUT2D eigenvalue weighted by atomic mass is 9.79. The van der Waals surface area contributed by atoms with Crippen LogP contribution in [-0.2, 0) is 10.8 Å². The van der Waals surface area contributed by atoms with Crippen molar-refractivity contribution >= 4 is 19.2 Å². The van der Waals surface area contributed by atoms with Gasteiger partial charge in [0.1, 0.15) is 5.75 Å². The summed E-state index contributed by atoms with van der Waals surface area (Å²) >= 11 is 0. The lowest BCUT2D eigenvalue weighted by molar-refractivity contribution is 0.382. The zero-order chi connectivity index (χ0) is 18.1. The number of benzene rings is 2. The average Bonchev–Trinajstić information content (AvgIpc) is 2.47. The van der Waals surface area contributed by atoms with Crippen molar-refractivity contribution in [1.29, 1.82) is 0 Å². The van der Waals surface area contributed by atoms with Gasteiger partial charge in [-0.15, -0.1) is 0 Å². The van der Waals surface area contributed by atoms with Gasteiger partial charge < -0.3 is 4.74 Å². The minimum Gasteiger partial charge on any atom is -0.496 e. The van der Waals surface area contributed by atoms with E-state index in [9.17, 15) is 0 Å². The van der Waals surface area contributed by atoms with E-state index >= 15 is 0 Å². The summed E-state index contributed by atoms with van der Waals surface area (Å²) in [4.78, 5) is 0. The Hall–Kier alpha value is -1.33. The predicted octanol–water partition coefficient (Wildman–Crippen LogP) is 5.10. The van der Waals surface area contributed by atoms with Gasteiger partial charge in [-0.3, -0.25) is 0 Å². The van der Waals surface area contributed by atoms with Crippen LogP contribution in [0.25, 0.3) is 0 Å². The van der Waals surface area contributed by atoms with Gasteiger partial charge in [-0.2, -0.15) is 0 Å². The molecule has 1 atom stereocenters. The minimum absolute atomic E-state index is 0.0375. The Morgan fingerprint density at radius 1 is 0.875 bits per heavy atom. The van der Waals surface area contributed by atoms with E-state index in [2.05, 4.69) is 78.8 Å². The van der Waals surface area contributed by atoms with Crippen LogP contribution in [0.5, 0.6) is 5.75 Å². The molecule has 2 aromatic carbocycles. The zero-order valence-electron chi connectivity index (χ0n) is 16.1. The molecule has 24 heavy (non-hydrogen) atoms. The molecule has 0 aromatic heterocycles. The van der Waals surface area contributed by atoms with Crippen LogP contribution in [-0.4, -0.2) is 7.11 Å². The number of rotatable bonds is 3. The van der Waals surface area contributed by atoms with E-state index in [0.29, 0.717) is 8.58 Å². The Labute approximate surface area is 149 Å². The quantitative estimate of drug-likeness (QED) is 0.706. The highest BCUT2D eigenvalue weighted by Crippen LogP contribution is 2.39. The van der Waals surface area contributed by atoms with Crippen molar-refractivity contribution in [2.45, 2.75) is 52.4 Å². The van der Waals surface area contributed by atoms with Crippen LogP contribution in [0, 0.1) is 6.92 Å². The number of hydrogen-bond acceptors (Lipinski definition) is 1. The molecule has 0 fully saturated rings. The Balaban J connectivity index is 2.63. The van der Waals surface area contributed by atoms with Crippen LogP contribution < -0.4 is 15.3 Å². The number of methoxy groups -OCH3 is 1. The fourth-order valence-electron chi connectivity index (χ4n) is 2.83. The molecule has 0 aliphatic heterocycles. The third-order valence-corrected chi connectivity index (χ3v) is 5.54. The first-order chi connectivity index (χ1) is 11.0. The molecule has 0 heterocycles. The maximum Gasteiger partial charge on any atom is 0.126 e. The van der Waals surface area contributed by atoms with Crippen molar-refractivity contribution in [2.24, 2.45) is 0 Å². The highest BCUT2D eigenvalue weighted by atomic mass is 31.1. The third kappa shape index (κ3) is 4.19. The summed E-state index contributed by atoms with van der Waals surface area (Å²) in [5.74, 6) is 1.03. The molecule has 129 valence electrons. The SMILES string of the molecule is [CH2]c1ccccc1Pc1cc(C(C)(C)C)c(OC)c(C(C)(C)C)c1. The van der Waals surface area contributed by atoms with Gasteiger partial charge in [0.05, 0.1) is 7.11 Å². The maximum absolute atomic E-state index is 5.85. The first-order valence-corrected chi connectivity index (χ1v) is 9.45. The molecule has 0 aliphatic carbocycles.